The van der Waals surface area contributed by atoms with Crippen LogP contribution in [0.1, 0.15) is 23.2 Å². The predicted octanol–water partition coefficient (Wildman–Crippen LogP) is 1.81. The van der Waals surface area contributed by atoms with Crippen molar-refractivity contribution >= 4 is 17.3 Å². The number of hydrogen-bond donors (Lipinski definition) is 2. The van der Waals surface area contributed by atoms with Gasteiger partial charge < -0.3 is 20.7 Å². The minimum atomic E-state index is -0.371. The molecule has 1 aromatic rings. The van der Waals surface area contributed by atoms with Crippen LogP contribution in [0.4, 0.5) is 11.4 Å². The molecule has 0 fully saturated rings. The van der Waals surface area contributed by atoms with Crippen LogP contribution in [-0.4, -0.2) is 45.2 Å². The number of nitrogens with one attached hydrogen (secondary N) is 1. The standard InChI is InChI=1S/C14H23N3O2/c1-17(2)9-5-4-8-16-13-7-6-11(10-12(13)15)14(18)19-3/h6-7,10,16H,4-5,8-9,15H2,1-3H3. The van der Waals surface area contributed by atoms with Gasteiger partial charge in [0.05, 0.1) is 24.0 Å². The molecule has 0 saturated carbocycles. The first kappa shape index (κ1) is 15.3. The van der Waals surface area contributed by atoms with Gasteiger partial charge in [0.1, 0.15) is 0 Å². The van der Waals surface area contributed by atoms with Crippen molar-refractivity contribution in [2.24, 2.45) is 0 Å². The zero-order chi connectivity index (χ0) is 14.3. The SMILES string of the molecule is COC(=O)c1ccc(NCCCCN(C)C)c(N)c1. The molecule has 0 saturated heterocycles. The number of unbranched alkanes of at least 4 members (excludes halogenated alkanes) is 1. The number of anilines is 2. The molecule has 5 heteroatoms. The second-order valence-electron chi connectivity index (χ2n) is 4.73. The van der Waals surface area contributed by atoms with E-state index in [9.17, 15) is 4.79 Å². The Morgan fingerprint density at radius 1 is 1.37 bits per heavy atom. The average Bonchev–Trinajstić information content (AvgIpc) is 2.38. The van der Waals surface area contributed by atoms with Gasteiger partial charge in [0, 0.05) is 6.54 Å². The fourth-order valence-corrected chi connectivity index (χ4v) is 1.74. The molecule has 0 aliphatic rings. The molecule has 19 heavy (non-hydrogen) atoms. The number of nitrogens with zero attached hydrogens (tertiary/aromatic N) is 1. The van der Waals surface area contributed by atoms with Crippen LogP contribution in [0.25, 0.3) is 0 Å². The molecule has 0 amide bonds. The maximum absolute atomic E-state index is 11.3. The lowest BCUT2D eigenvalue weighted by atomic mass is 10.1. The molecule has 0 aromatic heterocycles. The first-order valence-electron chi connectivity index (χ1n) is 6.41. The minimum Gasteiger partial charge on any atom is -0.465 e. The maximum atomic E-state index is 11.3. The molecule has 0 radical (unpaired) electrons. The van der Waals surface area contributed by atoms with E-state index in [-0.39, 0.29) is 5.97 Å². The van der Waals surface area contributed by atoms with Gasteiger partial charge in [-0.1, -0.05) is 0 Å². The van der Waals surface area contributed by atoms with Gasteiger partial charge in [-0.3, -0.25) is 0 Å². The van der Waals surface area contributed by atoms with Crippen LogP contribution in [0, 0.1) is 0 Å². The molecule has 106 valence electrons. The minimum absolute atomic E-state index is 0.371. The number of methoxy groups -OCH3 is 1. The smallest absolute Gasteiger partial charge is 0.337 e. The molecule has 0 heterocycles. The third-order valence-electron chi connectivity index (χ3n) is 2.82. The zero-order valence-electron chi connectivity index (χ0n) is 11.9. The topological polar surface area (TPSA) is 67.6 Å². The predicted molar refractivity (Wildman–Crippen MR) is 78.5 cm³/mol. The highest BCUT2D eigenvalue weighted by Gasteiger charge is 2.07. The largest absolute Gasteiger partial charge is 0.465 e. The summed E-state index contributed by atoms with van der Waals surface area (Å²) in [6, 6.07) is 5.16. The van der Waals surface area contributed by atoms with Gasteiger partial charge in [0.25, 0.3) is 0 Å². The molecule has 1 rings (SSSR count). The Labute approximate surface area is 114 Å². The van der Waals surface area contributed by atoms with Gasteiger partial charge in [-0.2, -0.15) is 0 Å². The number of nitrogens with two attached hydrogens (primary N) is 1. The fourth-order valence-electron chi connectivity index (χ4n) is 1.74. The Kier molecular flexibility index (Phi) is 6.15. The van der Waals surface area contributed by atoms with Crippen LogP contribution >= 0.6 is 0 Å². The lowest BCUT2D eigenvalue weighted by Crippen LogP contribution is -2.14. The number of nitrogen functional groups attached to an aromatic ring is 1. The third kappa shape index (κ3) is 5.18. The van der Waals surface area contributed by atoms with Gasteiger partial charge in [-0.25, -0.2) is 4.79 Å². The molecular formula is C14H23N3O2. The second kappa shape index (κ2) is 7.63. The van der Waals surface area contributed by atoms with E-state index >= 15 is 0 Å². The van der Waals surface area contributed by atoms with E-state index in [0.29, 0.717) is 11.3 Å². The van der Waals surface area contributed by atoms with Crippen LogP contribution in [0.2, 0.25) is 0 Å². The summed E-state index contributed by atoms with van der Waals surface area (Å²) in [6.45, 7) is 1.95. The fraction of sp³-hybridized carbons (Fsp3) is 0.500. The number of rotatable bonds is 7. The van der Waals surface area contributed by atoms with Crippen LogP contribution < -0.4 is 11.1 Å². The van der Waals surface area contributed by atoms with Gasteiger partial charge in [-0.05, 0) is 51.7 Å². The van der Waals surface area contributed by atoms with Crippen molar-refractivity contribution < 1.29 is 9.53 Å². The summed E-state index contributed by atoms with van der Waals surface area (Å²) in [6.07, 6.45) is 2.22. The number of hydrogen-bond acceptors (Lipinski definition) is 5. The van der Waals surface area contributed by atoms with Crippen LogP contribution in [0.3, 0.4) is 0 Å². The van der Waals surface area contributed by atoms with Crippen molar-refractivity contribution in [3.8, 4) is 0 Å². The van der Waals surface area contributed by atoms with Crippen molar-refractivity contribution in [1.29, 1.82) is 0 Å². The van der Waals surface area contributed by atoms with E-state index in [2.05, 4.69) is 29.0 Å². The van der Waals surface area contributed by atoms with Crippen molar-refractivity contribution in [2.75, 3.05) is 45.3 Å². The summed E-state index contributed by atoms with van der Waals surface area (Å²) in [5.41, 5.74) is 7.79. The lowest BCUT2D eigenvalue weighted by Gasteiger charge is -2.12. The van der Waals surface area contributed by atoms with Gasteiger partial charge in [-0.15, -0.1) is 0 Å². The zero-order valence-corrected chi connectivity index (χ0v) is 11.9. The van der Waals surface area contributed by atoms with E-state index in [1.54, 1.807) is 12.1 Å². The van der Waals surface area contributed by atoms with Crippen LogP contribution in [0.5, 0.6) is 0 Å². The second-order valence-corrected chi connectivity index (χ2v) is 4.73. The molecule has 0 bridgehead atoms. The quantitative estimate of drug-likeness (QED) is 0.447. The average molecular weight is 265 g/mol. The van der Waals surface area contributed by atoms with Crippen molar-refractivity contribution in [3.05, 3.63) is 23.8 Å². The van der Waals surface area contributed by atoms with Gasteiger partial charge in [0.15, 0.2) is 0 Å². The molecule has 1 aromatic carbocycles. The Balaban J connectivity index is 2.44. The Hall–Kier alpha value is -1.75. The summed E-state index contributed by atoms with van der Waals surface area (Å²) in [4.78, 5) is 13.5. The summed E-state index contributed by atoms with van der Waals surface area (Å²) in [5, 5.41) is 3.28. The summed E-state index contributed by atoms with van der Waals surface area (Å²) < 4.78 is 4.65. The normalized spacial score (nSPS) is 10.5. The molecular weight excluding hydrogens is 242 g/mol. The monoisotopic (exact) mass is 265 g/mol. The first-order valence-corrected chi connectivity index (χ1v) is 6.41. The summed E-state index contributed by atoms with van der Waals surface area (Å²) >= 11 is 0. The highest BCUT2D eigenvalue weighted by molar-refractivity contribution is 5.91. The number of benzene rings is 1. The summed E-state index contributed by atoms with van der Waals surface area (Å²) in [5.74, 6) is -0.371. The molecule has 0 atom stereocenters. The highest BCUT2D eigenvalue weighted by atomic mass is 16.5. The lowest BCUT2D eigenvalue weighted by molar-refractivity contribution is 0.0601. The molecule has 0 aliphatic heterocycles. The third-order valence-corrected chi connectivity index (χ3v) is 2.82. The van der Waals surface area contributed by atoms with Crippen LogP contribution in [0.15, 0.2) is 18.2 Å². The molecule has 0 unspecified atom stereocenters. The molecule has 0 spiro atoms. The van der Waals surface area contributed by atoms with Crippen LogP contribution in [-0.2, 0) is 4.74 Å². The van der Waals surface area contributed by atoms with E-state index in [0.717, 1.165) is 31.6 Å². The summed E-state index contributed by atoms with van der Waals surface area (Å²) in [7, 11) is 5.49. The van der Waals surface area contributed by atoms with Gasteiger partial charge in [0.2, 0.25) is 0 Å². The molecule has 0 aliphatic carbocycles. The van der Waals surface area contributed by atoms with E-state index in [1.165, 1.54) is 7.11 Å². The molecule has 5 nitrogen and oxygen atoms in total. The number of esters is 1. The Bertz CT molecular complexity index is 419. The van der Waals surface area contributed by atoms with E-state index < -0.39 is 0 Å². The van der Waals surface area contributed by atoms with E-state index in [4.69, 9.17) is 5.73 Å². The Morgan fingerprint density at radius 3 is 2.68 bits per heavy atom. The van der Waals surface area contributed by atoms with Crippen molar-refractivity contribution in [2.45, 2.75) is 12.8 Å². The number of carbonyl (C=O) groups is 1. The van der Waals surface area contributed by atoms with E-state index in [1.807, 2.05) is 6.07 Å². The number of carbonyl (C=O) groups excluding carboxylic acids is 1. The van der Waals surface area contributed by atoms with Gasteiger partial charge >= 0.3 is 5.97 Å². The maximum Gasteiger partial charge on any atom is 0.337 e. The highest BCUT2D eigenvalue weighted by Crippen LogP contribution is 2.20. The molecule has 3 N–H and O–H groups in total. The Morgan fingerprint density at radius 2 is 2.11 bits per heavy atom. The van der Waals surface area contributed by atoms with Crippen molar-refractivity contribution in [3.63, 3.8) is 0 Å². The van der Waals surface area contributed by atoms with Crippen molar-refractivity contribution in [1.82, 2.24) is 4.90 Å². The first-order chi connectivity index (χ1) is 9.04. The number of ether oxygens (including phenoxy) is 1.